The van der Waals surface area contributed by atoms with E-state index in [0.29, 0.717) is 24.7 Å². The van der Waals surface area contributed by atoms with Crippen LogP contribution in [0.5, 0.6) is 0 Å². The third kappa shape index (κ3) is 1.10. The van der Waals surface area contributed by atoms with E-state index in [1.807, 2.05) is 0 Å². The number of hydrogen-bond acceptors (Lipinski definition) is 3. The molecule has 2 heterocycles. The first-order valence-corrected chi connectivity index (χ1v) is 5.10. The Bertz CT molecular complexity index is 247. The van der Waals surface area contributed by atoms with Crippen LogP contribution in [0.15, 0.2) is 0 Å². The van der Waals surface area contributed by atoms with Gasteiger partial charge in [-0.1, -0.05) is 0 Å². The molecule has 2 unspecified atom stereocenters. The standard InChI is InChI=1S/C10H14O3/c11-9-8-2-6-1-7(3-8)5-10(12,4-6)13-9/h6-8,12H,1-5H2. The number of ether oxygens (including phenoxy) is 1. The van der Waals surface area contributed by atoms with E-state index in [2.05, 4.69) is 0 Å². The lowest BCUT2D eigenvalue weighted by Gasteiger charge is -2.39. The summed E-state index contributed by atoms with van der Waals surface area (Å²) >= 11 is 0. The van der Waals surface area contributed by atoms with Gasteiger partial charge in [0.05, 0.1) is 5.92 Å². The predicted octanol–water partition coefficient (Wildman–Crippen LogP) is 1.06. The normalized spacial score (nSPS) is 53.3. The van der Waals surface area contributed by atoms with Gasteiger partial charge < -0.3 is 9.84 Å². The van der Waals surface area contributed by atoms with Crippen molar-refractivity contribution in [3.8, 4) is 0 Å². The van der Waals surface area contributed by atoms with E-state index in [1.165, 1.54) is 6.42 Å². The highest BCUT2D eigenvalue weighted by Crippen LogP contribution is 2.50. The molecule has 3 nitrogen and oxygen atoms in total. The Hall–Kier alpha value is -0.570. The fourth-order valence-electron chi connectivity index (χ4n) is 3.43. The van der Waals surface area contributed by atoms with Crippen LogP contribution in [0.2, 0.25) is 0 Å². The molecule has 13 heavy (non-hydrogen) atoms. The van der Waals surface area contributed by atoms with Crippen molar-refractivity contribution in [1.29, 1.82) is 0 Å². The van der Waals surface area contributed by atoms with Crippen molar-refractivity contribution in [1.82, 2.24) is 0 Å². The van der Waals surface area contributed by atoms with Gasteiger partial charge in [-0.3, -0.25) is 4.79 Å². The van der Waals surface area contributed by atoms with Crippen molar-refractivity contribution in [2.45, 2.75) is 37.9 Å². The van der Waals surface area contributed by atoms with Crippen LogP contribution in [0.4, 0.5) is 0 Å². The Morgan fingerprint density at radius 3 is 2.46 bits per heavy atom. The molecule has 2 aliphatic carbocycles. The Kier molecular flexibility index (Phi) is 1.36. The van der Waals surface area contributed by atoms with Gasteiger partial charge in [0, 0.05) is 12.8 Å². The van der Waals surface area contributed by atoms with Crippen molar-refractivity contribution < 1.29 is 14.6 Å². The number of hydrogen-bond donors (Lipinski definition) is 1. The van der Waals surface area contributed by atoms with Crippen LogP contribution in [0.25, 0.3) is 0 Å². The van der Waals surface area contributed by atoms with Crippen LogP contribution in [0, 0.1) is 17.8 Å². The maximum absolute atomic E-state index is 11.5. The minimum Gasteiger partial charge on any atom is -0.433 e. The van der Waals surface area contributed by atoms with Crippen LogP contribution in [-0.4, -0.2) is 16.9 Å². The lowest BCUT2D eigenvalue weighted by molar-refractivity contribution is -0.221. The van der Waals surface area contributed by atoms with Gasteiger partial charge >= 0.3 is 5.97 Å². The molecule has 0 aromatic carbocycles. The predicted molar refractivity (Wildman–Crippen MR) is 44.6 cm³/mol. The molecule has 0 spiro atoms. The summed E-state index contributed by atoms with van der Waals surface area (Å²) < 4.78 is 5.14. The highest BCUT2D eigenvalue weighted by atomic mass is 16.7. The van der Waals surface area contributed by atoms with E-state index >= 15 is 0 Å². The summed E-state index contributed by atoms with van der Waals surface area (Å²) in [5.74, 6) is -0.133. The molecule has 2 atom stereocenters. The zero-order valence-electron chi connectivity index (χ0n) is 7.53. The summed E-state index contributed by atoms with van der Waals surface area (Å²) in [6, 6.07) is 0. The van der Waals surface area contributed by atoms with Crippen molar-refractivity contribution >= 4 is 5.97 Å². The first kappa shape index (κ1) is 7.80. The molecule has 3 heteroatoms. The lowest BCUT2D eigenvalue weighted by Crippen LogP contribution is -2.40. The van der Waals surface area contributed by atoms with Crippen LogP contribution >= 0.6 is 0 Å². The van der Waals surface area contributed by atoms with Gasteiger partial charge in [-0.15, -0.1) is 0 Å². The Morgan fingerprint density at radius 2 is 1.85 bits per heavy atom. The summed E-state index contributed by atoms with van der Waals surface area (Å²) in [5.41, 5.74) is 0. The van der Waals surface area contributed by atoms with Crippen LogP contribution in [0.1, 0.15) is 32.1 Å². The first-order valence-electron chi connectivity index (χ1n) is 5.10. The quantitative estimate of drug-likeness (QED) is 0.570. The third-order valence-electron chi connectivity index (χ3n) is 3.74. The minimum absolute atomic E-state index is 0.0836. The zero-order chi connectivity index (χ0) is 9.05. The van der Waals surface area contributed by atoms with Gasteiger partial charge in [0.25, 0.3) is 0 Å². The molecule has 0 aromatic rings. The van der Waals surface area contributed by atoms with E-state index < -0.39 is 5.79 Å². The molecular weight excluding hydrogens is 168 g/mol. The number of carbonyl (C=O) groups is 1. The van der Waals surface area contributed by atoms with Crippen molar-refractivity contribution in [3.05, 3.63) is 0 Å². The average molecular weight is 182 g/mol. The van der Waals surface area contributed by atoms with E-state index in [9.17, 15) is 9.90 Å². The maximum atomic E-state index is 11.5. The second kappa shape index (κ2) is 2.27. The minimum atomic E-state index is -1.10. The molecule has 0 radical (unpaired) electrons. The monoisotopic (exact) mass is 182 g/mol. The van der Waals surface area contributed by atoms with Crippen LogP contribution in [0.3, 0.4) is 0 Å². The third-order valence-corrected chi connectivity index (χ3v) is 3.74. The Morgan fingerprint density at radius 1 is 1.23 bits per heavy atom. The SMILES string of the molecule is O=C1OC2(O)CC3CC(CC1C3)C2. The molecule has 4 fully saturated rings. The van der Waals surface area contributed by atoms with Gasteiger partial charge in [-0.05, 0) is 31.1 Å². The van der Waals surface area contributed by atoms with Crippen LogP contribution < -0.4 is 0 Å². The molecule has 72 valence electrons. The summed E-state index contributed by atoms with van der Waals surface area (Å²) in [7, 11) is 0. The van der Waals surface area contributed by atoms with Crippen LogP contribution in [-0.2, 0) is 9.53 Å². The molecule has 4 aliphatic rings. The summed E-state index contributed by atoms with van der Waals surface area (Å²) in [6.45, 7) is 0. The second-order valence-corrected chi connectivity index (χ2v) is 4.91. The molecule has 1 N–H and O–H groups in total. The maximum Gasteiger partial charge on any atom is 0.311 e. The molecule has 0 aromatic heterocycles. The molecular formula is C10H14O3. The summed E-state index contributed by atoms with van der Waals surface area (Å²) in [5, 5.41) is 10.0. The number of fused-ring (bicyclic) bond motifs is 1. The van der Waals surface area contributed by atoms with E-state index in [1.54, 1.807) is 0 Å². The van der Waals surface area contributed by atoms with Crippen molar-refractivity contribution in [2.75, 3.05) is 0 Å². The largest absolute Gasteiger partial charge is 0.433 e. The Balaban J connectivity index is 2.01. The topological polar surface area (TPSA) is 46.5 Å². The number of esters is 1. The molecule has 4 bridgehead atoms. The Labute approximate surface area is 77.1 Å². The average Bonchev–Trinajstić information content (AvgIpc) is 2.11. The molecule has 2 saturated heterocycles. The molecule has 4 rings (SSSR count). The fraction of sp³-hybridized carbons (Fsp3) is 0.900. The van der Waals surface area contributed by atoms with Gasteiger partial charge in [-0.2, -0.15) is 0 Å². The fourth-order valence-corrected chi connectivity index (χ4v) is 3.43. The second-order valence-electron chi connectivity index (χ2n) is 4.91. The van der Waals surface area contributed by atoms with Crippen molar-refractivity contribution in [3.63, 3.8) is 0 Å². The number of rotatable bonds is 0. The van der Waals surface area contributed by atoms with E-state index in [-0.39, 0.29) is 11.9 Å². The molecule has 2 saturated carbocycles. The van der Waals surface area contributed by atoms with E-state index in [0.717, 1.165) is 12.8 Å². The number of carbonyl (C=O) groups excluding carboxylic acids is 1. The summed E-state index contributed by atoms with van der Waals surface area (Å²) in [6.07, 6.45) is 4.42. The smallest absolute Gasteiger partial charge is 0.311 e. The summed E-state index contributed by atoms with van der Waals surface area (Å²) in [4.78, 5) is 11.5. The van der Waals surface area contributed by atoms with Gasteiger partial charge in [0.2, 0.25) is 5.79 Å². The lowest BCUT2D eigenvalue weighted by atomic mass is 9.67. The van der Waals surface area contributed by atoms with Gasteiger partial charge in [0.15, 0.2) is 0 Å². The highest BCUT2D eigenvalue weighted by molar-refractivity contribution is 5.73. The first-order chi connectivity index (χ1) is 6.15. The zero-order valence-corrected chi connectivity index (χ0v) is 7.53. The van der Waals surface area contributed by atoms with Crippen molar-refractivity contribution in [2.24, 2.45) is 17.8 Å². The molecule has 0 amide bonds. The van der Waals surface area contributed by atoms with E-state index in [4.69, 9.17) is 4.74 Å². The highest BCUT2D eigenvalue weighted by Gasteiger charge is 2.51. The molecule has 2 aliphatic heterocycles. The van der Waals surface area contributed by atoms with Gasteiger partial charge in [-0.25, -0.2) is 0 Å². The number of aliphatic hydroxyl groups is 1. The van der Waals surface area contributed by atoms with Gasteiger partial charge in [0.1, 0.15) is 0 Å².